The minimum absolute atomic E-state index is 0.767. The molecule has 0 heterocycles. The maximum atomic E-state index is 2.43. The van der Waals surface area contributed by atoms with E-state index in [9.17, 15) is 0 Å². The van der Waals surface area contributed by atoms with Gasteiger partial charge >= 0.3 is 0 Å². The van der Waals surface area contributed by atoms with Gasteiger partial charge in [-0.3, -0.25) is 0 Å². The largest absolute Gasteiger partial charge is 0.0762 e. The van der Waals surface area contributed by atoms with Crippen LogP contribution in [0.5, 0.6) is 0 Å². The lowest BCUT2D eigenvalue weighted by Gasteiger charge is -2.42. The first-order chi connectivity index (χ1) is 9.16. The summed E-state index contributed by atoms with van der Waals surface area (Å²) in [6, 6.07) is 0. The van der Waals surface area contributed by atoms with E-state index in [-0.39, 0.29) is 0 Å². The number of rotatable bonds is 2. The first-order valence-corrected chi connectivity index (χ1v) is 7.81. The molecule has 0 aromatic rings. The Balaban J connectivity index is 1.78. The van der Waals surface area contributed by atoms with Crippen LogP contribution >= 0.6 is 0 Å². The molecule has 0 aromatic heterocycles. The molecule has 1 unspecified atom stereocenters. The second-order valence-electron chi connectivity index (χ2n) is 6.81. The SMILES string of the molecule is CC(C)[C@H]1CC[C@@H](C)CC1[C]1[CH][CH][C]2C=CC=C[C]21. The van der Waals surface area contributed by atoms with E-state index in [1.54, 1.807) is 5.92 Å². The molecular formula is C19H25. The summed E-state index contributed by atoms with van der Waals surface area (Å²) >= 11 is 0. The second-order valence-corrected chi connectivity index (χ2v) is 6.81. The van der Waals surface area contributed by atoms with Crippen LogP contribution < -0.4 is 0 Å². The predicted molar refractivity (Wildman–Crippen MR) is 81.4 cm³/mol. The van der Waals surface area contributed by atoms with Crippen LogP contribution in [0, 0.1) is 54.3 Å². The summed E-state index contributed by atoms with van der Waals surface area (Å²) in [6.45, 7) is 7.23. The van der Waals surface area contributed by atoms with Crippen molar-refractivity contribution in [3.8, 4) is 0 Å². The highest BCUT2D eigenvalue weighted by atomic mass is 14.5. The zero-order valence-corrected chi connectivity index (χ0v) is 12.4. The Bertz CT molecular complexity index is 362. The molecule has 3 atom stereocenters. The molecule has 101 valence electrons. The Morgan fingerprint density at radius 3 is 2.63 bits per heavy atom. The summed E-state index contributed by atoms with van der Waals surface area (Å²) in [7, 11) is 0. The Morgan fingerprint density at radius 2 is 1.84 bits per heavy atom. The van der Waals surface area contributed by atoms with Gasteiger partial charge in [-0.05, 0) is 55.3 Å². The van der Waals surface area contributed by atoms with E-state index in [0.29, 0.717) is 0 Å². The Hall–Kier alpha value is -0.520. The first-order valence-electron chi connectivity index (χ1n) is 7.81. The summed E-state index contributed by atoms with van der Waals surface area (Å²) in [5.74, 6) is 7.83. The van der Waals surface area contributed by atoms with Crippen LogP contribution in [-0.2, 0) is 0 Å². The van der Waals surface area contributed by atoms with Gasteiger partial charge in [0.25, 0.3) is 0 Å². The molecule has 3 aliphatic rings. The fourth-order valence-electron chi connectivity index (χ4n) is 4.06. The normalized spacial score (nSPS) is 37.2. The average Bonchev–Trinajstić information content (AvgIpc) is 2.82. The van der Waals surface area contributed by atoms with Gasteiger partial charge in [-0.2, -0.15) is 0 Å². The summed E-state index contributed by atoms with van der Waals surface area (Å²) < 4.78 is 0. The smallest absolute Gasteiger partial charge is 0.0161 e. The highest BCUT2D eigenvalue weighted by Gasteiger charge is 2.44. The molecule has 0 aromatic carbocycles. The van der Waals surface area contributed by atoms with Crippen molar-refractivity contribution in [1.29, 1.82) is 0 Å². The molecule has 0 saturated heterocycles. The van der Waals surface area contributed by atoms with Gasteiger partial charge in [0.05, 0.1) is 0 Å². The Kier molecular flexibility index (Phi) is 3.87. The van der Waals surface area contributed by atoms with Crippen LogP contribution in [0.3, 0.4) is 0 Å². The van der Waals surface area contributed by atoms with Gasteiger partial charge in [-0.1, -0.05) is 51.5 Å². The average molecular weight is 253 g/mol. The summed E-state index contributed by atoms with van der Waals surface area (Å²) in [5, 5.41) is 0. The van der Waals surface area contributed by atoms with Crippen molar-refractivity contribution in [2.45, 2.75) is 40.0 Å². The summed E-state index contributed by atoms with van der Waals surface area (Å²) in [6.07, 6.45) is 17.8. The first kappa shape index (κ1) is 13.5. The van der Waals surface area contributed by atoms with Gasteiger partial charge in [0, 0.05) is 11.8 Å². The van der Waals surface area contributed by atoms with Crippen LogP contribution in [-0.4, -0.2) is 0 Å². The number of hydrogen-bond acceptors (Lipinski definition) is 0. The third-order valence-corrected chi connectivity index (χ3v) is 5.14. The van der Waals surface area contributed by atoms with Crippen molar-refractivity contribution in [2.75, 3.05) is 0 Å². The number of allylic oxidation sites excluding steroid dienone is 4. The van der Waals surface area contributed by atoms with Crippen LogP contribution in [0.15, 0.2) is 24.3 Å². The van der Waals surface area contributed by atoms with Crippen LogP contribution in [0.1, 0.15) is 40.0 Å². The molecule has 0 N–H and O–H groups in total. The second kappa shape index (κ2) is 5.46. The van der Waals surface area contributed by atoms with E-state index in [0.717, 1.165) is 23.7 Å². The molecule has 0 spiro atoms. The number of fused-ring (bicyclic) bond motifs is 1. The fraction of sp³-hybridized carbons (Fsp3) is 0.526. The zero-order valence-electron chi connectivity index (χ0n) is 12.4. The van der Waals surface area contributed by atoms with E-state index >= 15 is 0 Å². The minimum Gasteiger partial charge on any atom is -0.0762 e. The van der Waals surface area contributed by atoms with Crippen LogP contribution in [0.2, 0.25) is 0 Å². The summed E-state index contributed by atoms with van der Waals surface area (Å²) in [4.78, 5) is 0. The predicted octanol–water partition coefficient (Wildman–Crippen LogP) is 4.97. The third kappa shape index (κ3) is 2.56. The standard InChI is InChI=1S/C19H25/c1-13(2)16-10-8-14(3)12-19(16)18-11-9-15-6-4-5-7-17(15)18/h4-7,9,11,13-14,16,19H,8,10,12H2,1-3H3/t14-,16-,19?/m1/s1. The highest BCUT2D eigenvalue weighted by Crippen LogP contribution is 2.54. The lowest BCUT2D eigenvalue weighted by atomic mass is 9.63. The topological polar surface area (TPSA) is 0 Å². The Labute approximate surface area is 119 Å². The zero-order chi connectivity index (χ0) is 13.4. The van der Waals surface area contributed by atoms with Crippen molar-refractivity contribution in [3.63, 3.8) is 0 Å². The molecule has 19 heavy (non-hydrogen) atoms. The maximum Gasteiger partial charge on any atom is 0.0161 e. The lowest BCUT2D eigenvalue weighted by molar-refractivity contribution is 0.158. The molecule has 3 aliphatic carbocycles. The molecular weight excluding hydrogens is 228 g/mol. The van der Waals surface area contributed by atoms with E-state index in [4.69, 9.17) is 0 Å². The molecule has 0 heteroatoms. The third-order valence-electron chi connectivity index (χ3n) is 5.14. The van der Waals surface area contributed by atoms with Crippen molar-refractivity contribution in [3.05, 3.63) is 54.9 Å². The highest BCUT2D eigenvalue weighted by molar-refractivity contribution is 5.62. The molecule has 0 nitrogen and oxygen atoms in total. The van der Waals surface area contributed by atoms with Crippen molar-refractivity contribution >= 4 is 0 Å². The molecule has 2 fully saturated rings. The van der Waals surface area contributed by atoms with Gasteiger partial charge < -0.3 is 0 Å². The van der Waals surface area contributed by atoms with Crippen LogP contribution in [0.25, 0.3) is 0 Å². The molecule has 2 saturated carbocycles. The Morgan fingerprint density at radius 1 is 1.05 bits per heavy atom. The van der Waals surface area contributed by atoms with E-state index in [1.165, 1.54) is 31.1 Å². The number of hydrogen-bond donors (Lipinski definition) is 0. The van der Waals surface area contributed by atoms with E-state index in [1.807, 2.05) is 0 Å². The lowest BCUT2D eigenvalue weighted by Crippen LogP contribution is -2.33. The van der Waals surface area contributed by atoms with Gasteiger partial charge in [0.15, 0.2) is 0 Å². The van der Waals surface area contributed by atoms with Crippen molar-refractivity contribution < 1.29 is 0 Å². The van der Waals surface area contributed by atoms with Crippen LogP contribution in [0.4, 0.5) is 0 Å². The molecule has 0 bridgehead atoms. The maximum absolute atomic E-state index is 2.43. The molecule has 0 amide bonds. The molecule has 3 rings (SSSR count). The van der Waals surface area contributed by atoms with Crippen molar-refractivity contribution in [1.82, 2.24) is 0 Å². The van der Waals surface area contributed by atoms with Gasteiger partial charge in [-0.15, -0.1) is 0 Å². The minimum atomic E-state index is 0.767. The molecule has 0 aliphatic heterocycles. The van der Waals surface area contributed by atoms with E-state index in [2.05, 4.69) is 57.9 Å². The summed E-state index contributed by atoms with van der Waals surface area (Å²) in [5.41, 5.74) is 0. The van der Waals surface area contributed by atoms with Crippen molar-refractivity contribution in [2.24, 2.45) is 23.7 Å². The van der Waals surface area contributed by atoms with Gasteiger partial charge in [-0.25, -0.2) is 0 Å². The monoisotopic (exact) mass is 253 g/mol. The van der Waals surface area contributed by atoms with Gasteiger partial charge in [0.2, 0.25) is 0 Å². The van der Waals surface area contributed by atoms with Gasteiger partial charge in [0.1, 0.15) is 0 Å². The fourth-order valence-corrected chi connectivity index (χ4v) is 4.06. The molecule has 5 radical (unpaired) electrons. The van der Waals surface area contributed by atoms with E-state index < -0.39 is 0 Å². The quantitative estimate of drug-likeness (QED) is 0.652.